The maximum Gasteiger partial charge on any atom is 0.573 e. The number of rotatable bonds is 3. The maximum absolute atomic E-state index is 13.7. The van der Waals surface area contributed by atoms with E-state index >= 15 is 0 Å². The van der Waals surface area contributed by atoms with E-state index in [1.54, 1.807) is 0 Å². The van der Waals surface area contributed by atoms with Crippen LogP contribution in [-0.2, 0) is 11.0 Å². The second kappa shape index (κ2) is 9.99. The van der Waals surface area contributed by atoms with Crippen molar-refractivity contribution < 1.29 is 58.9 Å². The normalized spacial score (nSPS) is 17.4. The lowest BCUT2D eigenvalue weighted by atomic mass is 9.97. The number of carboxylic acids is 1. The number of hydrogen-bond donors (Lipinski definition) is 3. The van der Waals surface area contributed by atoms with Crippen LogP contribution in [0.1, 0.15) is 27.5 Å². The average molecular weight is 545 g/mol. The Kier molecular flexibility index (Phi) is 7.53. The van der Waals surface area contributed by atoms with E-state index in [4.69, 9.17) is 9.90 Å². The SMILES string of the molecule is O=C(O)C(F)(F)F.O=C1c2c(cc(Nc3ccc(OC(F)(F)F)cc3)cc2C(F)(F)F)[C@@H]2CNCCN12. The van der Waals surface area contributed by atoms with E-state index in [0.717, 1.165) is 18.2 Å². The Hall–Kier alpha value is -3.69. The van der Waals surface area contributed by atoms with E-state index in [0.29, 0.717) is 19.6 Å². The molecule has 0 spiro atoms. The minimum absolute atomic E-state index is 0.0748. The van der Waals surface area contributed by atoms with Crippen molar-refractivity contribution in [3.63, 3.8) is 0 Å². The lowest BCUT2D eigenvalue weighted by Gasteiger charge is -2.30. The molecule has 16 heteroatoms. The molecule has 1 saturated heterocycles. The monoisotopic (exact) mass is 545 g/mol. The summed E-state index contributed by atoms with van der Waals surface area (Å²) in [6.45, 7) is 1.14. The number of benzene rings is 2. The van der Waals surface area contributed by atoms with Crippen molar-refractivity contribution in [3.05, 3.63) is 53.1 Å². The zero-order chi connectivity index (χ0) is 27.8. The highest BCUT2D eigenvalue weighted by molar-refractivity contribution is 6.01. The Labute approximate surface area is 201 Å². The number of nitrogens with one attached hydrogen (secondary N) is 2. The Balaban J connectivity index is 0.000000479. The van der Waals surface area contributed by atoms with Crippen molar-refractivity contribution in [2.75, 3.05) is 25.0 Å². The summed E-state index contributed by atoms with van der Waals surface area (Å²) in [6, 6.07) is 6.39. The van der Waals surface area contributed by atoms with Crippen LogP contribution in [0.25, 0.3) is 0 Å². The van der Waals surface area contributed by atoms with Gasteiger partial charge in [-0.2, -0.15) is 26.3 Å². The van der Waals surface area contributed by atoms with Gasteiger partial charge in [-0.25, -0.2) is 4.79 Å². The summed E-state index contributed by atoms with van der Waals surface area (Å²) in [7, 11) is 0. The predicted octanol–water partition coefficient (Wildman–Crippen LogP) is 5.08. The van der Waals surface area contributed by atoms with Gasteiger partial charge in [-0.15, -0.1) is 13.2 Å². The van der Waals surface area contributed by atoms with Gasteiger partial charge >= 0.3 is 24.7 Å². The van der Waals surface area contributed by atoms with Crippen LogP contribution in [0.15, 0.2) is 36.4 Å². The molecule has 4 rings (SSSR count). The fraction of sp³-hybridized carbons (Fsp3) is 0.333. The largest absolute Gasteiger partial charge is 0.573 e. The predicted molar refractivity (Wildman–Crippen MR) is 108 cm³/mol. The van der Waals surface area contributed by atoms with Gasteiger partial charge in [-0.1, -0.05) is 0 Å². The third-order valence-electron chi connectivity index (χ3n) is 5.17. The molecule has 7 nitrogen and oxygen atoms in total. The lowest BCUT2D eigenvalue weighted by Crippen LogP contribution is -2.44. The number of hydrogen-bond acceptors (Lipinski definition) is 5. The summed E-state index contributed by atoms with van der Waals surface area (Å²) in [5, 5.41) is 13.0. The van der Waals surface area contributed by atoms with Gasteiger partial charge in [0.25, 0.3) is 5.91 Å². The molecular weight excluding hydrogens is 529 g/mol. The number of anilines is 2. The van der Waals surface area contributed by atoms with Crippen molar-refractivity contribution in [2.45, 2.75) is 24.8 Å². The van der Waals surface area contributed by atoms with E-state index in [1.807, 2.05) is 0 Å². The number of halogens is 9. The summed E-state index contributed by atoms with van der Waals surface area (Å²) < 4.78 is 113. The summed E-state index contributed by atoms with van der Waals surface area (Å²) in [5.74, 6) is -3.86. The minimum atomic E-state index is -5.08. The molecule has 0 unspecified atom stereocenters. The van der Waals surface area contributed by atoms with Crippen LogP contribution in [0, 0.1) is 0 Å². The molecular formula is C21H16F9N3O4. The zero-order valence-corrected chi connectivity index (χ0v) is 18.2. The fourth-order valence-electron chi connectivity index (χ4n) is 3.74. The number of alkyl halides is 9. The van der Waals surface area contributed by atoms with Crippen molar-refractivity contribution in [1.82, 2.24) is 10.2 Å². The van der Waals surface area contributed by atoms with E-state index in [9.17, 15) is 44.3 Å². The first-order chi connectivity index (χ1) is 17.0. The molecule has 0 radical (unpaired) electrons. The first kappa shape index (κ1) is 27.9. The Bertz CT molecular complexity index is 1160. The van der Waals surface area contributed by atoms with E-state index < -0.39 is 47.9 Å². The highest BCUT2D eigenvalue weighted by Crippen LogP contribution is 2.44. The summed E-state index contributed by atoms with van der Waals surface area (Å²) >= 11 is 0. The Morgan fingerprint density at radius 3 is 2.11 bits per heavy atom. The van der Waals surface area contributed by atoms with Gasteiger partial charge < -0.3 is 25.4 Å². The zero-order valence-electron chi connectivity index (χ0n) is 18.2. The number of carbonyl (C=O) groups is 2. The number of ether oxygens (including phenoxy) is 1. The van der Waals surface area contributed by atoms with Crippen LogP contribution < -0.4 is 15.4 Å². The summed E-state index contributed by atoms with van der Waals surface area (Å²) in [6.07, 6.45) is -14.7. The molecule has 1 amide bonds. The van der Waals surface area contributed by atoms with Crippen molar-refractivity contribution in [3.8, 4) is 5.75 Å². The second-order valence-corrected chi connectivity index (χ2v) is 7.70. The van der Waals surface area contributed by atoms with Gasteiger partial charge in [0.05, 0.1) is 17.2 Å². The van der Waals surface area contributed by atoms with Gasteiger partial charge in [0.15, 0.2) is 0 Å². The minimum Gasteiger partial charge on any atom is -0.475 e. The maximum atomic E-state index is 13.7. The Morgan fingerprint density at radius 2 is 1.59 bits per heavy atom. The molecule has 0 aliphatic carbocycles. The topological polar surface area (TPSA) is 90.9 Å². The molecule has 0 saturated carbocycles. The quantitative estimate of drug-likeness (QED) is 0.467. The van der Waals surface area contributed by atoms with E-state index in [2.05, 4.69) is 15.4 Å². The number of aliphatic carboxylic acids is 1. The van der Waals surface area contributed by atoms with Gasteiger partial charge in [0.1, 0.15) is 5.75 Å². The standard InChI is InChI=1S/C19H15F6N3O2.C2HF3O2/c20-18(21,22)14-8-11(27-10-1-3-12(4-2-10)30-19(23,24)25)7-13-15-9-26-5-6-28(15)17(29)16(13)14;3-2(4,5)1(6)7/h1-4,7-8,15,26-27H,5-6,9H2;(H,6,7)/t15-;/m0./s1. The molecule has 2 aromatic carbocycles. The molecule has 2 aliphatic rings. The highest BCUT2D eigenvalue weighted by Gasteiger charge is 2.45. The molecule has 2 aliphatic heterocycles. The number of carbonyl (C=O) groups excluding carboxylic acids is 1. The van der Waals surface area contributed by atoms with Gasteiger partial charge in [0, 0.05) is 31.0 Å². The van der Waals surface area contributed by atoms with Crippen LogP contribution >= 0.6 is 0 Å². The van der Waals surface area contributed by atoms with E-state index in [1.165, 1.54) is 23.1 Å². The third-order valence-corrected chi connectivity index (χ3v) is 5.17. The molecule has 0 bridgehead atoms. The molecule has 2 aromatic rings. The van der Waals surface area contributed by atoms with Crippen molar-refractivity contribution in [1.29, 1.82) is 0 Å². The molecule has 1 fully saturated rings. The molecule has 202 valence electrons. The molecule has 2 heterocycles. The van der Waals surface area contributed by atoms with Crippen LogP contribution in [0.2, 0.25) is 0 Å². The van der Waals surface area contributed by atoms with E-state index in [-0.39, 0.29) is 22.5 Å². The lowest BCUT2D eigenvalue weighted by molar-refractivity contribution is -0.274. The van der Waals surface area contributed by atoms with Crippen LogP contribution in [0.4, 0.5) is 50.9 Å². The number of piperazine rings is 1. The van der Waals surface area contributed by atoms with Crippen molar-refractivity contribution in [2.24, 2.45) is 0 Å². The van der Waals surface area contributed by atoms with Gasteiger partial charge in [-0.05, 0) is 42.0 Å². The number of fused-ring (bicyclic) bond motifs is 3. The smallest absolute Gasteiger partial charge is 0.475 e. The van der Waals surface area contributed by atoms with Gasteiger partial charge in [0.2, 0.25) is 0 Å². The average Bonchev–Trinajstić information content (AvgIpc) is 3.05. The van der Waals surface area contributed by atoms with Gasteiger partial charge in [-0.3, -0.25) is 4.79 Å². The molecule has 3 N–H and O–H groups in total. The Morgan fingerprint density at radius 1 is 1.00 bits per heavy atom. The first-order valence-corrected chi connectivity index (χ1v) is 10.2. The van der Waals surface area contributed by atoms with Crippen LogP contribution in [0.3, 0.4) is 0 Å². The second-order valence-electron chi connectivity index (χ2n) is 7.70. The number of amides is 1. The first-order valence-electron chi connectivity index (χ1n) is 10.2. The summed E-state index contributed by atoms with van der Waals surface area (Å²) in [5.41, 5.74) is -0.789. The van der Waals surface area contributed by atoms with Crippen LogP contribution in [-0.4, -0.2) is 54.1 Å². The summed E-state index contributed by atoms with van der Waals surface area (Å²) in [4.78, 5) is 22.9. The van der Waals surface area contributed by atoms with Crippen LogP contribution in [0.5, 0.6) is 5.75 Å². The molecule has 1 atom stereocenters. The number of nitrogens with zero attached hydrogens (tertiary/aromatic N) is 1. The molecule has 0 aromatic heterocycles. The number of carboxylic acid groups (broad SMARTS) is 1. The highest BCUT2D eigenvalue weighted by atomic mass is 19.4. The molecule has 37 heavy (non-hydrogen) atoms. The van der Waals surface area contributed by atoms with Crippen molar-refractivity contribution >= 4 is 23.3 Å². The fourth-order valence-corrected chi connectivity index (χ4v) is 3.74. The third kappa shape index (κ3) is 6.75.